The van der Waals surface area contributed by atoms with E-state index in [0.717, 1.165) is 35.7 Å². The van der Waals surface area contributed by atoms with Crippen LogP contribution in [0.4, 0.5) is 0 Å². The van der Waals surface area contributed by atoms with Crippen molar-refractivity contribution in [1.82, 2.24) is 15.6 Å². The summed E-state index contributed by atoms with van der Waals surface area (Å²) in [7, 11) is 1.83. The summed E-state index contributed by atoms with van der Waals surface area (Å²) in [4.78, 5) is 10.1. The van der Waals surface area contributed by atoms with Crippen LogP contribution in [0.2, 0.25) is 0 Å². The van der Waals surface area contributed by atoms with E-state index in [1.807, 2.05) is 7.05 Å². The second-order valence-electron chi connectivity index (χ2n) is 6.25. The van der Waals surface area contributed by atoms with E-state index < -0.39 is 0 Å². The summed E-state index contributed by atoms with van der Waals surface area (Å²) in [6, 6.07) is 0. The summed E-state index contributed by atoms with van der Waals surface area (Å²) in [6.07, 6.45) is 9.80. The van der Waals surface area contributed by atoms with E-state index in [-0.39, 0.29) is 24.0 Å². The lowest BCUT2D eigenvalue weighted by molar-refractivity contribution is 0.332. The third kappa shape index (κ3) is 7.37. The van der Waals surface area contributed by atoms with Gasteiger partial charge < -0.3 is 10.6 Å². The molecule has 0 saturated heterocycles. The van der Waals surface area contributed by atoms with Crippen molar-refractivity contribution in [2.24, 2.45) is 10.9 Å². The fourth-order valence-electron chi connectivity index (χ4n) is 3.07. The molecule has 0 aromatic carbocycles. The van der Waals surface area contributed by atoms with Crippen molar-refractivity contribution in [3.8, 4) is 0 Å². The number of aromatic nitrogens is 1. The van der Waals surface area contributed by atoms with Gasteiger partial charge in [-0.25, -0.2) is 4.98 Å². The molecule has 1 saturated carbocycles. The van der Waals surface area contributed by atoms with Crippen molar-refractivity contribution in [1.29, 1.82) is 0 Å². The first-order valence-electron chi connectivity index (χ1n) is 8.56. The average Bonchev–Trinajstić information content (AvgIpc) is 2.86. The molecule has 6 heteroatoms. The van der Waals surface area contributed by atoms with Gasteiger partial charge in [-0.3, -0.25) is 4.99 Å². The van der Waals surface area contributed by atoms with Gasteiger partial charge in [0.2, 0.25) is 0 Å². The van der Waals surface area contributed by atoms with Crippen LogP contribution in [0.3, 0.4) is 0 Å². The topological polar surface area (TPSA) is 49.3 Å². The highest BCUT2D eigenvalue weighted by atomic mass is 127. The molecule has 1 aliphatic carbocycles. The van der Waals surface area contributed by atoms with Gasteiger partial charge in [0.05, 0.1) is 12.2 Å². The van der Waals surface area contributed by atoms with E-state index >= 15 is 0 Å². The monoisotopic (exact) mass is 450 g/mol. The van der Waals surface area contributed by atoms with Crippen LogP contribution in [-0.2, 0) is 6.54 Å². The van der Waals surface area contributed by atoms with Gasteiger partial charge in [-0.15, -0.1) is 35.3 Å². The van der Waals surface area contributed by atoms with Crippen molar-refractivity contribution in [3.63, 3.8) is 0 Å². The second-order valence-corrected chi connectivity index (χ2v) is 7.54. The van der Waals surface area contributed by atoms with Crippen LogP contribution in [-0.4, -0.2) is 24.5 Å². The highest BCUT2D eigenvalue weighted by Crippen LogP contribution is 2.26. The third-order valence-electron chi connectivity index (χ3n) is 4.51. The minimum atomic E-state index is 0. The number of guanidine groups is 1. The lowest BCUT2D eigenvalue weighted by Gasteiger charge is -2.21. The van der Waals surface area contributed by atoms with Gasteiger partial charge in [-0.05, 0) is 32.6 Å². The quantitative estimate of drug-likeness (QED) is 0.292. The Morgan fingerprint density at radius 1 is 1.22 bits per heavy atom. The molecule has 4 nitrogen and oxygen atoms in total. The van der Waals surface area contributed by atoms with Gasteiger partial charge in [0, 0.05) is 18.5 Å². The number of hydrogen-bond donors (Lipinski definition) is 2. The van der Waals surface area contributed by atoms with Gasteiger partial charge in [-0.2, -0.15) is 0 Å². The molecule has 0 unspecified atom stereocenters. The maximum atomic E-state index is 4.55. The van der Waals surface area contributed by atoms with Crippen LogP contribution in [0.25, 0.3) is 0 Å². The fraction of sp³-hybridized carbons (Fsp3) is 0.765. The van der Waals surface area contributed by atoms with E-state index in [0.29, 0.717) is 0 Å². The Balaban J connectivity index is 0.00000264. The molecule has 1 fully saturated rings. The maximum absolute atomic E-state index is 4.55. The molecular formula is C17H31IN4S. The van der Waals surface area contributed by atoms with Crippen LogP contribution in [0.15, 0.2) is 4.99 Å². The molecular weight excluding hydrogens is 419 g/mol. The number of thiazole rings is 1. The largest absolute Gasteiger partial charge is 0.356 e. The number of halogens is 1. The fourth-order valence-corrected chi connectivity index (χ4v) is 3.94. The zero-order valence-electron chi connectivity index (χ0n) is 14.7. The zero-order valence-corrected chi connectivity index (χ0v) is 17.8. The maximum Gasteiger partial charge on any atom is 0.191 e. The summed E-state index contributed by atoms with van der Waals surface area (Å²) in [5, 5.41) is 7.89. The molecule has 2 N–H and O–H groups in total. The molecule has 1 aromatic heterocycles. The van der Waals surface area contributed by atoms with Crippen LogP contribution < -0.4 is 10.6 Å². The smallest absolute Gasteiger partial charge is 0.191 e. The molecule has 0 atom stereocenters. The summed E-state index contributed by atoms with van der Waals surface area (Å²) < 4.78 is 0. The number of hydrogen-bond acceptors (Lipinski definition) is 3. The van der Waals surface area contributed by atoms with Crippen molar-refractivity contribution < 1.29 is 0 Å². The van der Waals surface area contributed by atoms with E-state index in [4.69, 9.17) is 0 Å². The summed E-state index contributed by atoms with van der Waals surface area (Å²) in [5.41, 5.74) is 1.14. The van der Waals surface area contributed by atoms with E-state index in [1.54, 1.807) is 11.3 Å². The summed E-state index contributed by atoms with van der Waals surface area (Å²) in [6.45, 7) is 5.94. The molecule has 23 heavy (non-hydrogen) atoms. The molecule has 0 aliphatic heterocycles. The van der Waals surface area contributed by atoms with Crippen LogP contribution in [0, 0.1) is 19.8 Å². The average molecular weight is 450 g/mol. The number of nitrogens with one attached hydrogen (secondary N) is 2. The molecule has 1 heterocycles. The first kappa shape index (κ1) is 20.7. The van der Waals surface area contributed by atoms with Crippen molar-refractivity contribution in [2.75, 3.05) is 13.6 Å². The Morgan fingerprint density at radius 2 is 1.96 bits per heavy atom. The van der Waals surface area contributed by atoms with Gasteiger partial charge in [0.25, 0.3) is 0 Å². The second kappa shape index (κ2) is 11.2. The molecule has 132 valence electrons. The molecule has 0 spiro atoms. The predicted molar refractivity (Wildman–Crippen MR) is 111 cm³/mol. The summed E-state index contributed by atoms with van der Waals surface area (Å²) >= 11 is 1.76. The summed E-state index contributed by atoms with van der Waals surface area (Å²) in [5.74, 6) is 1.85. The van der Waals surface area contributed by atoms with Gasteiger partial charge in [0.15, 0.2) is 5.96 Å². The normalized spacial score (nSPS) is 16.0. The Hall–Kier alpha value is -0.370. The Morgan fingerprint density at radius 3 is 2.57 bits per heavy atom. The number of nitrogens with zero attached hydrogens (tertiary/aromatic N) is 2. The van der Waals surface area contributed by atoms with Gasteiger partial charge in [-0.1, -0.05) is 32.1 Å². The van der Waals surface area contributed by atoms with Gasteiger partial charge >= 0.3 is 0 Å². The lowest BCUT2D eigenvalue weighted by Crippen LogP contribution is -2.37. The zero-order chi connectivity index (χ0) is 15.8. The Kier molecular flexibility index (Phi) is 10.1. The first-order chi connectivity index (χ1) is 10.7. The molecule has 2 rings (SSSR count). The van der Waals surface area contributed by atoms with E-state index in [2.05, 4.69) is 34.5 Å². The first-order valence-corrected chi connectivity index (χ1v) is 9.38. The van der Waals surface area contributed by atoms with Crippen molar-refractivity contribution >= 4 is 41.3 Å². The highest BCUT2D eigenvalue weighted by molar-refractivity contribution is 14.0. The van der Waals surface area contributed by atoms with Crippen LogP contribution >= 0.6 is 35.3 Å². The molecule has 0 amide bonds. The molecule has 0 bridgehead atoms. The highest BCUT2D eigenvalue weighted by Gasteiger charge is 2.12. The Bertz CT molecular complexity index is 461. The van der Waals surface area contributed by atoms with Crippen molar-refractivity contribution in [2.45, 2.75) is 65.3 Å². The standard InChI is InChI=1S/C17H30N4S.HI/c1-13-14(2)22-16(21-13)12-20-17(18-3)19-11-7-10-15-8-5-4-6-9-15;/h15H,4-12H2,1-3H3,(H2,18,19,20);1H. The number of aryl methyl sites for hydroxylation is 2. The minimum absolute atomic E-state index is 0. The van der Waals surface area contributed by atoms with E-state index in [1.165, 1.54) is 49.8 Å². The Labute approximate surface area is 162 Å². The van der Waals surface area contributed by atoms with Crippen molar-refractivity contribution in [3.05, 3.63) is 15.6 Å². The SMILES string of the molecule is CN=C(NCCCC1CCCCC1)NCc1nc(C)c(C)s1.I. The number of rotatable bonds is 6. The van der Waals surface area contributed by atoms with Crippen LogP contribution in [0.5, 0.6) is 0 Å². The molecule has 0 radical (unpaired) electrons. The third-order valence-corrected chi connectivity index (χ3v) is 5.58. The predicted octanol–water partition coefficient (Wildman–Crippen LogP) is 4.40. The number of aliphatic imine (C=N–C) groups is 1. The van der Waals surface area contributed by atoms with Crippen LogP contribution in [0.1, 0.15) is 60.5 Å². The van der Waals surface area contributed by atoms with Gasteiger partial charge in [0.1, 0.15) is 5.01 Å². The molecule has 1 aliphatic rings. The van der Waals surface area contributed by atoms with E-state index in [9.17, 15) is 0 Å². The lowest BCUT2D eigenvalue weighted by atomic mass is 9.86. The minimum Gasteiger partial charge on any atom is -0.356 e. The molecule has 1 aromatic rings.